The van der Waals surface area contributed by atoms with Gasteiger partial charge < -0.3 is 10.3 Å². The number of carbonyl (C=O) groups is 2. The summed E-state index contributed by atoms with van der Waals surface area (Å²) in [5, 5.41) is 6.92. The standard InChI is InChI=1S/C13H16N4O2/c1-9(8-17-5-3-4-15-17)16-13(19)12-6-11(7-14-12)10(2)18/h3-7,9,14H,8H2,1-2H3,(H,16,19)/t9-/m0/s1. The third-order valence-electron chi connectivity index (χ3n) is 2.73. The van der Waals surface area contributed by atoms with Gasteiger partial charge in [0.15, 0.2) is 5.78 Å². The third-order valence-corrected chi connectivity index (χ3v) is 2.73. The summed E-state index contributed by atoms with van der Waals surface area (Å²) in [7, 11) is 0. The molecule has 0 aliphatic carbocycles. The van der Waals surface area contributed by atoms with Gasteiger partial charge in [-0.1, -0.05) is 0 Å². The number of aromatic amines is 1. The lowest BCUT2D eigenvalue weighted by Crippen LogP contribution is -2.35. The minimum absolute atomic E-state index is 0.0588. The lowest BCUT2D eigenvalue weighted by atomic mass is 10.2. The van der Waals surface area contributed by atoms with Gasteiger partial charge in [0.2, 0.25) is 0 Å². The number of nitrogens with zero attached hydrogens (tertiary/aromatic N) is 2. The Morgan fingerprint density at radius 2 is 2.32 bits per heavy atom. The maximum absolute atomic E-state index is 11.9. The molecule has 0 aliphatic rings. The van der Waals surface area contributed by atoms with Crippen LogP contribution in [0.25, 0.3) is 0 Å². The number of amides is 1. The van der Waals surface area contributed by atoms with Crippen molar-refractivity contribution in [2.24, 2.45) is 0 Å². The Balaban J connectivity index is 1.94. The van der Waals surface area contributed by atoms with Crippen molar-refractivity contribution in [2.45, 2.75) is 26.4 Å². The summed E-state index contributed by atoms with van der Waals surface area (Å²) < 4.78 is 1.75. The zero-order chi connectivity index (χ0) is 13.8. The Morgan fingerprint density at radius 3 is 2.89 bits per heavy atom. The zero-order valence-corrected chi connectivity index (χ0v) is 10.9. The fourth-order valence-corrected chi connectivity index (χ4v) is 1.76. The Morgan fingerprint density at radius 1 is 1.53 bits per heavy atom. The van der Waals surface area contributed by atoms with Gasteiger partial charge in [0.1, 0.15) is 5.69 Å². The Kier molecular flexibility index (Phi) is 3.79. The molecule has 2 heterocycles. The van der Waals surface area contributed by atoms with Gasteiger partial charge in [-0.05, 0) is 26.0 Å². The van der Waals surface area contributed by atoms with E-state index in [1.165, 1.54) is 13.1 Å². The first kappa shape index (κ1) is 13.1. The van der Waals surface area contributed by atoms with Crippen molar-refractivity contribution < 1.29 is 9.59 Å². The third kappa shape index (κ3) is 3.31. The first-order valence-corrected chi connectivity index (χ1v) is 6.04. The van der Waals surface area contributed by atoms with Crippen molar-refractivity contribution in [3.8, 4) is 0 Å². The van der Waals surface area contributed by atoms with E-state index in [9.17, 15) is 9.59 Å². The second-order valence-corrected chi connectivity index (χ2v) is 4.46. The summed E-state index contributed by atoms with van der Waals surface area (Å²) in [5.41, 5.74) is 0.891. The molecule has 2 rings (SSSR count). The predicted octanol–water partition coefficient (Wildman–Crippen LogP) is 1.23. The monoisotopic (exact) mass is 260 g/mol. The van der Waals surface area contributed by atoms with Crippen LogP contribution in [0, 0.1) is 0 Å². The summed E-state index contributed by atoms with van der Waals surface area (Å²) in [6, 6.07) is 3.33. The van der Waals surface area contributed by atoms with Gasteiger partial charge in [-0.25, -0.2) is 0 Å². The van der Waals surface area contributed by atoms with Gasteiger partial charge in [0, 0.05) is 30.2 Å². The van der Waals surface area contributed by atoms with E-state index >= 15 is 0 Å². The number of rotatable bonds is 5. The Hall–Kier alpha value is -2.37. The maximum Gasteiger partial charge on any atom is 0.267 e. The van der Waals surface area contributed by atoms with Crippen LogP contribution in [0.15, 0.2) is 30.7 Å². The molecule has 0 radical (unpaired) electrons. The molecule has 6 heteroatoms. The quantitative estimate of drug-likeness (QED) is 0.793. The lowest BCUT2D eigenvalue weighted by Gasteiger charge is -2.13. The van der Waals surface area contributed by atoms with Crippen LogP contribution >= 0.6 is 0 Å². The fourth-order valence-electron chi connectivity index (χ4n) is 1.76. The average molecular weight is 260 g/mol. The first-order chi connectivity index (χ1) is 9.06. The molecule has 0 bridgehead atoms. The number of aromatic nitrogens is 3. The molecule has 1 amide bonds. The van der Waals surface area contributed by atoms with E-state index in [0.29, 0.717) is 17.8 Å². The molecule has 0 unspecified atom stereocenters. The molecular formula is C13H16N4O2. The number of carbonyl (C=O) groups excluding carboxylic acids is 2. The Labute approximate surface area is 110 Å². The van der Waals surface area contributed by atoms with Crippen LogP contribution in [0.3, 0.4) is 0 Å². The second kappa shape index (κ2) is 5.51. The van der Waals surface area contributed by atoms with E-state index < -0.39 is 0 Å². The molecule has 6 nitrogen and oxygen atoms in total. The summed E-state index contributed by atoms with van der Waals surface area (Å²) >= 11 is 0. The normalized spacial score (nSPS) is 12.1. The van der Waals surface area contributed by atoms with Crippen LogP contribution in [0.5, 0.6) is 0 Å². The van der Waals surface area contributed by atoms with Crippen molar-refractivity contribution in [1.82, 2.24) is 20.1 Å². The number of hydrogen-bond acceptors (Lipinski definition) is 3. The lowest BCUT2D eigenvalue weighted by molar-refractivity contribution is 0.0931. The highest BCUT2D eigenvalue weighted by molar-refractivity contribution is 5.99. The molecule has 100 valence electrons. The maximum atomic E-state index is 11.9. The van der Waals surface area contributed by atoms with Crippen LogP contribution in [-0.4, -0.2) is 32.5 Å². The molecule has 2 aromatic heterocycles. The average Bonchev–Trinajstić information content (AvgIpc) is 2.98. The highest BCUT2D eigenvalue weighted by Gasteiger charge is 2.13. The molecule has 0 aliphatic heterocycles. The summed E-state index contributed by atoms with van der Waals surface area (Å²) in [6.45, 7) is 3.96. The molecular weight excluding hydrogens is 244 g/mol. The van der Waals surface area contributed by atoms with Crippen LogP contribution in [0.2, 0.25) is 0 Å². The molecule has 0 saturated carbocycles. The molecule has 1 atom stereocenters. The first-order valence-electron chi connectivity index (χ1n) is 6.04. The molecule has 19 heavy (non-hydrogen) atoms. The van der Waals surface area contributed by atoms with Gasteiger partial charge in [0.25, 0.3) is 5.91 Å². The molecule has 0 saturated heterocycles. The Bertz CT molecular complexity index is 571. The van der Waals surface area contributed by atoms with E-state index in [1.54, 1.807) is 16.9 Å². The van der Waals surface area contributed by atoms with Crippen molar-refractivity contribution in [2.75, 3.05) is 0 Å². The van der Waals surface area contributed by atoms with Crippen molar-refractivity contribution >= 4 is 11.7 Å². The molecule has 2 aromatic rings. The largest absolute Gasteiger partial charge is 0.356 e. The number of ketones is 1. The zero-order valence-electron chi connectivity index (χ0n) is 10.9. The van der Waals surface area contributed by atoms with E-state index in [-0.39, 0.29) is 17.7 Å². The van der Waals surface area contributed by atoms with E-state index in [2.05, 4.69) is 15.4 Å². The van der Waals surface area contributed by atoms with Crippen molar-refractivity contribution in [3.05, 3.63) is 42.0 Å². The number of H-pyrrole nitrogens is 1. The van der Waals surface area contributed by atoms with E-state index in [0.717, 1.165) is 0 Å². The summed E-state index contributed by atoms with van der Waals surface area (Å²) in [6.07, 6.45) is 5.07. The molecule has 0 fully saturated rings. The number of hydrogen-bond donors (Lipinski definition) is 2. The predicted molar refractivity (Wildman–Crippen MR) is 70.0 cm³/mol. The van der Waals surface area contributed by atoms with Crippen LogP contribution in [0.1, 0.15) is 34.7 Å². The minimum Gasteiger partial charge on any atom is -0.356 e. The fraction of sp³-hybridized carbons (Fsp3) is 0.308. The van der Waals surface area contributed by atoms with Gasteiger partial charge in [-0.15, -0.1) is 0 Å². The molecule has 0 aromatic carbocycles. The smallest absolute Gasteiger partial charge is 0.267 e. The molecule has 0 spiro atoms. The highest BCUT2D eigenvalue weighted by Crippen LogP contribution is 2.04. The van der Waals surface area contributed by atoms with Crippen LogP contribution in [-0.2, 0) is 6.54 Å². The topological polar surface area (TPSA) is 79.8 Å². The summed E-state index contributed by atoms with van der Waals surface area (Å²) in [4.78, 5) is 25.9. The van der Waals surface area contributed by atoms with Crippen LogP contribution < -0.4 is 5.32 Å². The number of nitrogens with one attached hydrogen (secondary N) is 2. The van der Waals surface area contributed by atoms with Gasteiger partial charge in [-0.2, -0.15) is 5.10 Å². The SMILES string of the molecule is CC(=O)c1c[nH]c(C(=O)N[C@@H](C)Cn2cccn2)c1. The summed E-state index contributed by atoms with van der Waals surface area (Å²) in [5.74, 6) is -0.299. The van der Waals surface area contributed by atoms with Gasteiger partial charge >= 0.3 is 0 Å². The minimum atomic E-state index is -0.229. The molecule has 2 N–H and O–H groups in total. The second-order valence-electron chi connectivity index (χ2n) is 4.46. The number of Topliss-reactive ketones (excluding diaryl/α,β-unsaturated/α-hetero) is 1. The van der Waals surface area contributed by atoms with E-state index in [1.807, 2.05) is 19.2 Å². The van der Waals surface area contributed by atoms with Gasteiger partial charge in [0.05, 0.1) is 6.54 Å². The van der Waals surface area contributed by atoms with Crippen molar-refractivity contribution in [1.29, 1.82) is 0 Å². The van der Waals surface area contributed by atoms with Crippen molar-refractivity contribution in [3.63, 3.8) is 0 Å². The van der Waals surface area contributed by atoms with E-state index in [4.69, 9.17) is 0 Å². The highest BCUT2D eigenvalue weighted by atomic mass is 16.2. The van der Waals surface area contributed by atoms with Crippen LogP contribution in [0.4, 0.5) is 0 Å². The van der Waals surface area contributed by atoms with Gasteiger partial charge in [-0.3, -0.25) is 14.3 Å².